The van der Waals surface area contributed by atoms with Crippen molar-refractivity contribution in [1.82, 2.24) is 5.32 Å². The van der Waals surface area contributed by atoms with Crippen LogP contribution >= 0.6 is 11.8 Å². The second-order valence-corrected chi connectivity index (χ2v) is 12.2. The normalized spacial score (nSPS) is 25.1. The van der Waals surface area contributed by atoms with E-state index in [1.807, 2.05) is 6.92 Å². The number of ether oxygens (including phenoxy) is 7. The van der Waals surface area contributed by atoms with Gasteiger partial charge in [-0.15, -0.1) is 11.8 Å². The van der Waals surface area contributed by atoms with E-state index >= 15 is 0 Å². The molecule has 1 N–H and O–H groups in total. The summed E-state index contributed by atoms with van der Waals surface area (Å²) >= 11 is 1.32. The first-order valence-corrected chi connectivity index (χ1v) is 15.1. The second kappa shape index (κ2) is 14.8. The Morgan fingerprint density at radius 2 is 1.45 bits per heavy atom. The van der Waals surface area contributed by atoms with Gasteiger partial charge in [0.15, 0.2) is 0 Å². The molecule has 1 amide bonds. The highest BCUT2D eigenvalue weighted by Gasteiger charge is 2.79. The van der Waals surface area contributed by atoms with E-state index in [1.54, 1.807) is 46.8 Å². The first-order chi connectivity index (χ1) is 20.7. The molecular formula is C29H38FNO12S. The summed E-state index contributed by atoms with van der Waals surface area (Å²) in [5.74, 6) is -5.01. The van der Waals surface area contributed by atoms with Gasteiger partial charge in [-0.1, -0.05) is 6.92 Å². The third kappa shape index (κ3) is 8.45. The first-order valence-electron chi connectivity index (χ1n) is 14.1. The molecule has 0 unspecified atom stereocenters. The molecule has 2 aliphatic carbocycles. The molecule has 0 heterocycles. The molecule has 6 atom stereocenters. The summed E-state index contributed by atoms with van der Waals surface area (Å²) < 4.78 is 48.4. The smallest absolute Gasteiger partial charge is 0.444 e. The van der Waals surface area contributed by atoms with Crippen LogP contribution in [0.3, 0.4) is 0 Å². The van der Waals surface area contributed by atoms with Gasteiger partial charge < -0.3 is 38.5 Å². The van der Waals surface area contributed by atoms with Crippen LogP contribution in [0.1, 0.15) is 41.5 Å². The standard InChI is InChI=1S/C29H38FNO12S/c1-7-37-26(35)41-14-39-23(32)21-20-16(3)19(13-44-18-11-9-17(30)10-12-18)29(22(20)21,31-25(34)43-28(4,5)6)24(33)40-15-42-27(36)38-8-2/h9-12,16,19-22H,7-8,13-15H2,1-6H3,(H,31,34)/t16-,19-,20+,21+,22+,29+/m1/s1. The average Bonchev–Trinajstić information content (AvgIpc) is 3.63. The molecule has 13 nitrogen and oxygen atoms in total. The Morgan fingerprint density at radius 3 is 2.00 bits per heavy atom. The lowest BCUT2D eigenvalue weighted by Crippen LogP contribution is -2.63. The molecule has 3 rings (SSSR count). The largest absolute Gasteiger partial charge is 0.511 e. The van der Waals surface area contributed by atoms with Gasteiger partial charge in [0.05, 0.1) is 19.1 Å². The van der Waals surface area contributed by atoms with Gasteiger partial charge in [-0.2, -0.15) is 0 Å². The average molecular weight is 644 g/mol. The Bertz CT molecular complexity index is 1210. The fourth-order valence-corrected chi connectivity index (χ4v) is 6.86. The van der Waals surface area contributed by atoms with Crippen molar-refractivity contribution in [3.8, 4) is 0 Å². The lowest BCUT2D eigenvalue weighted by Gasteiger charge is -2.39. The lowest BCUT2D eigenvalue weighted by atomic mass is 9.77. The van der Waals surface area contributed by atoms with E-state index in [1.165, 1.54) is 23.9 Å². The molecule has 1 aromatic carbocycles. The summed E-state index contributed by atoms with van der Waals surface area (Å²) in [6.45, 7) is 8.49. The van der Waals surface area contributed by atoms with Crippen molar-refractivity contribution in [3.63, 3.8) is 0 Å². The van der Waals surface area contributed by atoms with E-state index in [0.29, 0.717) is 4.90 Å². The Kier molecular flexibility index (Phi) is 11.7. The molecule has 0 radical (unpaired) electrons. The van der Waals surface area contributed by atoms with Crippen LogP contribution in [-0.4, -0.2) is 74.0 Å². The summed E-state index contributed by atoms with van der Waals surface area (Å²) in [4.78, 5) is 64.3. The highest BCUT2D eigenvalue weighted by atomic mass is 32.2. The molecule has 44 heavy (non-hydrogen) atoms. The van der Waals surface area contributed by atoms with E-state index in [-0.39, 0.29) is 24.9 Å². The van der Waals surface area contributed by atoms with Crippen LogP contribution in [0.15, 0.2) is 29.2 Å². The number of carbonyl (C=O) groups is 5. The van der Waals surface area contributed by atoms with Crippen molar-refractivity contribution in [1.29, 1.82) is 0 Å². The number of thioether (sulfide) groups is 1. The molecule has 2 fully saturated rings. The number of amides is 1. The Labute approximate surface area is 258 Å². The summed E-state index contributed by atoms with van der Waals surface area (Å²) in [6.07, 6.45) is -3.02. The van der Waals surface area contributed by atoms with Crippen molar-refractivity contribution >= 4 is 42.1 Å². The fraction of sp³-hybridized carbons (Fsp3) is 0.621. The summed E-state index contributed by atoms with van der Waals surface area (Å²) in [7, 11) is 0. The highest BCUT2D eigenvalue weighted by Crippen LogP contribution is 2.68. The van der Waals surface area contributed by atoms with E-state index in [2.05, 4.69) is 10.1 Å². The third-order valence-electron chi connectivity index (χ3n) is 7.26. The number of benzene rings is 1. The second-order valence-electron chi connectivity index (χ2n) is 11.1. The number of alkyl carbamates (subject to hydrolysis) is 1. The van der Waals surface area contributed by atoms with Crippen molar-refractivity contribution in [2.24, 2.45) is 29.6 Å². The van der Waals surface area contributed by atoms with Crippen LogP contribution < -0.4 is 5.32 Å². The summed E-state index contributed by atoms with van der Waals surface area (Å²) in [5.41, 5.74) is -2.76. The zero-order chi connectivity index (χ0) is 32.7. The number of nitrogens with one attached hydrogen (secondary N) is 1. The molecule has 15 heteroatoms. The van der Waals surface area contributed by atoms with Gasteiger partial charge in [0.2, 0.25) is 13.6 Å². The summed E-state index contributed by atoms with van der Waals surface area (Å²) in [5, 5.41) is 2.71. The van der Waals surface area contributed by atoms with Gasteiger partial charge in [-0.05, 0) is 70.7 Å². The minimum absolute atomic E-state index is 0.0323. The van der Waals surface area contributed by atoms with Crippen molar-refractivity contribution < 1.29 is 61.5 Å². The molecular weight excluding hydrogens is 605 g/mol. The third-order valence-corrected chi connectivity index (χ3v) is 8.39. The molecule has 2 aliphatic rings. The zero-order valence-electron chi connectivity index (χ0n) is 25.4. The Hall–Kier alpha value is -3.75. The number of rotatable bonds is 12. The molecule has 0 aliphatic heterocycles. The van der Waals surface area contributed by atoms with E-state index in [0.717, 1.165) is 0 Å². The number of carbonyl (C=O) groups excluding carboxylic acids is 5. The van der Waals surface area contributed by atoms with Crippen LogP contribution in [0.25, 0.3) is 0 Å². The molecule has 0 bridgehead atoms. The molecule has 0 aromatic heterocycles. The number of esters is 2. The number of fused-ring (bicyclic) bond motifs is 1. The van der Waals surface area contributed by atoms with Crippen LogP contribution in [0, 0.1) is 35.4 Å². The minimum atomic E-state index is -1.83. The van der Waals surface area contributed by atoms with Gasteiger partial charge in [-0.3, -0.25) is 4.79 Å². The topological polar surface area (TPSA) is 162 Å². The van der Waals surface area contributed by atoms with E-state index in [4.69, 9.17) is 28.4 Å². The SMILES string of the molecule is CCOC(=O)OCOC(=O)[C@H]1[C@@H]2[C@H](C)[C@@H](CSc3ccc(F)cc3)[C@@](NC(=O)OC(C)(C)C)(C(=O)OCOC(=O)OCC)[C@H]12. The maximum atomic E-state index is 14.0. The number of hydrogen-bond donors (Lipinski definition) is 1. The quantitative estimate of drug-likeness (QED) is 0.145. The van der Waals surface area contributed by atoms with Crippen molar-refractivity contribution in [2.75, 3.05) is 32.6 Å². The molecule has 244 valence electrons. The maximum absolute atomic E-state index is 14.0. The predicted octanol–water partition coefficient (Wildman–Crippen LogP) is 4.66. The molecule has 2 saturated carbocycles. The number of halogens is 1. The van der Waals surface area contributed by atoms with Crippen LogP contribution in [0.5, 0.6) is 0 Å². The first kappa shape index (κ1) is 34.7. The zero-order valence-corrected chi connectivity index (χ0v) is 26.2. The maximum Gasteiger partial charge on any atom is 0.511 e. The fourth-order valence-electron chi connectivity index (χ4n) is 5.60. The van der Waals surface area contributed by atoms with Gasteiger partial charge in [0, 0.05) is 22.5 Å². The lowest BCUT2D eigenvalue weighted by molar-refractivity contribution is -0.166. The highest BCUT2D eigenvalue weighted by molar-refractivity contribution is 7.99. The van der Waals surface area contributed by atoms with Crippen molar-refractivity contribution in [2.45, 2.75) is 57.6 Å². The van der Waals surface area contributed by atoms with Crippen LogP contribution in [0.4, 0.5) is 18.8 Å². The minimum Gasteiger partial charge on any atom is -0.444 e. The van der Waals surface area contributed by atoms with E-state index < -0.39 is 84.6 Å². The van der Waals surface area contributed by atoms with Crippen LogP contribution in [-0.2, 0) is 42.7 Å². The van der Waals surface area contributed by atoms with Gasteiger partial charge in [-0.25, -0.2) is 23.6 Å². The van der Waals surface area contributed by atoms with Crippen molar-refractivity contribution in [3.05, 3.63) is 30.1 Å². The van der Waals surface area contributed by atoms with E-state index in [9.17, 15) is 28.4 Å². The Morgan fingerprint density at radius 1 is 0.886 bits per heavy atom. The molecule has 0 spiro atoms. The predicted molar refractivity (Wildman–Crippen MR) is 150 cm³/mol. The number of hydrogen-bond acceptors (Lipinski definition) is 13. The van der Waals surface area contributed by atoms with Gasteiger partial charge in [0.1, 0.15) is 17.0 Å². The monoisotopic (exact) mass is 643 g/mol. The molecule has 1 aromatic rings. The summed E-state index contributed by atoms with van der Waals surface area (Å²) in [6, 6.07) is 5.77. The van der Waals surface area contributed by atoms with Gasteiger partial charge in [0.25, 0.3) is 0 Å². The van der Waals surface area contributed by atoms with Crippen LogP contribution in [0.2, 0.25) is 0 Å². The molecule has 0 saturated heterocycles. The van der Waals surface area contributed by atoms with Gasteiger partial charge >= 0.3 is 30.3 Å². The Balaban J connectivity index is 1.92.